The van der Waals surface area contributed by atoms with Crippen LogP contribution in [-0.4, -0.2) is 26.3 Å². The number of ether oxygens (including phenoxy) is 1. The molecule has 0 aliphatic carbocycles. The van der Waals surface area contributed by atoms with Crippen LogP contribution in [0.4, 0.5) is 10.1 Å². The van der Waals surface area contributed by atoms with Crippen molar-refractivity contribution in [3.8, 4) is 0 Å². The zero-order valence-corrected chi connectivity index (χ0v) is 11.9. The fraction of sp³-hybridized carbons (Fsp3) is 0.600. The van der Waals surface area contributed by atoms with E-state index in [1.54, 1.807) is 13.2 Å². The van der Waals surface area contributed by atoms with E-state index in [2.05, 4.69) is 11.8 Å². The van der Waals surface area contributed by atoms with Crippen LogP contribution >= 0.6 is 0 Å². The minimum Gasteiger partial charge on any atom is -0.379 e. The summed E-state index contributed by atoms with van der Waals surface area (Å²) in [4.78, 5) is 2.19. The molecule has 0 aromatic heterocycles. The fourth-order valence-corrected chi connectivity index (χ4v) is 2.81. The van der Waals surface area contributed by atoms with E-state index in [9.17, 15) is 4.39 Å². The molecule has 106 valence electrons. The number of nitrogens with two attached hydrogens (primary N) is 1. The van der Waals surface area contributed by atoms with E-state index in [1.165, 1.54) is 6.07 Å². The van der Waals surface area contributed by atoms with Crippen LogP contribution in [0.5, 0.6) is 0 Å². The molecule has 3 atom stereocenters. The van der Waals surface area contributed by atoms with E-state index < -0.39 is 0 Å². The second kappa shape index (κ2) is 5.88. The fourth-order valence-electron chi connectivity index (χ4n) is 2.81. The third kappa shape index (κ3) is 2.90. The Hall–Kier alpha value is -1.13. The Morgan fingerprint density at radius 3 is 2.84 bits per heavy atom. The van der Waals surface area contributed by atoms with Crippen molar-refractivity contribution in [1.29, 1.82) is 0 Å². The molecule has 0 bridgehead atoms. The Balaban J connectivity index is 2.29. The molecule has 1 fully saturated rings. The van der Waals surface area contributed by atoms with Gasteiger partial charge in [0.05, 0.1) is 6.10 Å². The third-order valence-electron chi connectivity index (χ3n) is 4.02. The third-order valence-corrected chi connectivity index (χ3v) is 4.02. The lowest BCUT2D eigenvalue weighted by atomic mass is 9.94. The molecule has 2 N–H and O–H groups in total. The van der Waals surface area contributed by atoms with Gasteiger partial charge in [-0.05, 0) is 31.4 Å². The second-order valence-corrected chi connectivity index (χ2v) is 5.45. The molecule has 4 heteroatoms. The highest BCUT2D eigenvalue weighted by Gasteiger charge is 2.28. The number of anilines is 1. The Labute approximate surface area is 114 Å². The average Bonchev–Trinajstić information content (AvgIpc) is 2.38. The van der Waals surface area contributed by atoms with Gasteiger partial charge in [-0.25, -0.2) is 4.39 Å². The molecule has 3 nitrogen and oxygen atoms in total. The molecular weight excluding hydrogens is 243 g/mol. The second-order valence-electron chi connectivity index (χ2n) is 5.45. The average molecular weight is 266 g/mol. The highest BCUT2D eigenvalue weighted by atomic mass is 19.1. The SMILES string of the molecule is COC1CN(c2cccc(F)c2C(C)N)CCC1C. The maximum Gasteiger partial charge on any atom is 0.130 e. The topological polar surface area (TPSA) is 38.5 Å². The van der Waals surface area contributed by atoms with Crippen LogP contribution in [0.1, 0.15) is 31.9 Å². The van der Waals surface area contributed by atoms with Gasteiger partial charge in [-0.2, -0.15) is 0 Å². The molecule has 19 heavy (non-hydrogen) atoms. The summed E-state index contributed by atoms with van der Waals surface area (Å²) >= 11 is 0. The Bertz CT molecular complexity index is 436. The summed E-state index contributed by atoms with van der Waals surface area (Å²) in [6.07, 6.45) is 1.24. The molecule has 0 spiro atoms. The molecule has 1 aliphatic heterocycles. The Kier molecular flexibility index (Phi) is 4.42. The first kappa shape index (κ1) is 14.3. The lowest BCUT2D eigenvalue weighted by Gasteiger charge is -2.38. The van der Waals surface area contributed by atoms with Crippen molar-refractivity contribution in [2.45, 2.75) is 32.4 Å². The van der Waals surface area contributed by atoms with Crippen molar-refractivity contribution in [2.24, 2.45) is 11.7 Å². The van der Waals surface area contributed by atoms with Gasteiger partial charge in [0.1, 0.15) is 5.82 Å². The molecule has 0 radical (unpaired) electrons. The molecule has 1 heterocycles. The van der Waals surface area contributed by atoms with E-state index in [1.807, 2.05) is 13.0 Å². The van der Waals surface area contributed by atoms with Crippen molar-refractivity contribution in [2.75, 3.05) is 25.1 Å². The van der Waals surface area contributed by atoms with E-state index >= 15 is 0 Å². The highest BCUT2D eigenvalue weighted by Crippen LogP contribution is 2.31. The lowest BCUT2D eigenvalue weighted by molar-refractivity contribution is 0.0498. The maximum absolute atomic E-state index is 14.0. The van der Waals surface area contributed by atoms with Gasteiger partial charge in [-0.15, -0.1) is 0 Å². The van der Waals surface area contributed by atoms with E-state index in [0.29, 0.717) is 11.5 Å². The number of piperidine rings is 1. The highest BCUT2D eigenvalue weighted by molar-refractivity contribution is 5.56. The number of hydrogen-bond donors (Lipinski definition) is 1. The van der Waals surface area contributed by atoms with Gasteiger partial charge >= 0.3 is 0 Å². The zero-order chi connectivity index (χ0) is 14.0. The van der Waals surface area contributed by atoms with Crippen LogP contribution in [0, 0.1) is 11.7 Å². The standard InChI is InChI=1S/C15H23FN2O/c1-10-7-8-18(9-14(10)19-3)13-6-4-5-12(16)15(13)11(2)17/h4-6,10-11,14H,7-9,17H2,1-3H3. The van der Waals surface area contributed by atoms with Crippen LogP contribution in [-0.2, 0) is 4.74 Å². The van der Waals surface area contributed by atoms with Crippen LogP contribution < -0.4 is 10.6 Å². The van der Waals surface area contributed by atoms with Gasteiger partial charge < -0.3 is 15.4 Å². The predicted octanol–water partition coefficient (Wildman–Crippen LogP) is 2.71. The van der Waals surface area contributed by atoms with Gasteiger partial charge in [0.15, 0.2) is 0 Å². The number of nitrogens with zero attached hydrogens (tertiary/aromatic N) is 1. The number of methoxy groups -OCH3 is 1. The normalized spacial score (nSPS) is 25.4. The molecule has 1 aromatic carbocycles. The quantitative estimate of drug-likeness (QED) is 0.914. The minimum atomic E-state index is -0.309. The van der Waals surface area contributed by atoms with Crippen molar-refractivity contribution < 1.29 is 9.13 Å². The molecule has 0 amide bonds. The summed E-state index contributed by atoms with van der Waals surface area (Å²) in [5.74, 6) is 0.314. The summed E-state index contributed by atoms with van der Waals surface area (Å²) in [5.41, 5.74) is 7.43. The zero-order valence-electron chi connectivity index (χ0n) is 11.9. The number of halogens is 1. The molecular formula is C15H23FN2O. The lowest BCUT2D eigenvalue weighted by Crippen LogP contribution is -2.44. The summed E-state index contributed by atoms with van der Waals surface area (Å²) in [5, 5.41) is 0. The molecule has 0 saturated carbocycles. The molecule has 1 aromatic rings. The van der Waals surface area contributed by atoms with Crippen molar-refractivity contribution >= 4 is 5.69 Å². The van der Waals surface area contributed by atoms with Gasteiger partial charge in [0.2, 0.25) is 0 Å². The summed E-state index contributed by atoms with van der Waals surface area (Å²) in [6.45, 7) is 5.73. The van der Waals surface area contributed by atoms with E-state index in [0.717, 1.165) is 25.2 Å². The molecule has 1 saturated heterocycles. The van der Waals surface area contributed by atoms with Crippen molar-refractivity contribution in [3.05, 3.63) is 29.6 Å². The van der Waals surface area contributed by atoms with Gasteiger partial charge in [0, 0.05) is 37.5 Å². The van der Waals surface area contributed by atoms with Crippen LogP contribution in [0.2, 0.25) is 0 Å². The number of benzene rings is 1. The Morgan fingerprint density at radius 1 is 1.47 bits per heavy atom. The summed E-state index contributed by atoms with van der Waals surface area (Å²) < 4.78 is 19.5. The smallest absolute Gasteiger partial charge is 0.130 e. The van der Waals surface area contributed by atoms with E-state index in [-0.39, 0.29) is 18.0 Å². The van der Waals surface area contributed by atoms with Crippen LogP contribution in [0.3, 0.4) is 0 Å². The summed E-state index contributed by atoms with van der Waals surface area (Å²) in [6, 6.07) is 4.86. The first-order chi connectivity index (χ1) is 9.04. The van der Waals surface area contributed by atoms with Gasteiger partial charge in [0.25, 0.3) is 0 Å². The molecule has 3 unspecified atom stereocenters. The van der Waals surface area contributed by atoms with Crippen LogP contribution in [0.25, 0.3) is 0 Å². The van der Waals surface area contributed by atoms with Crippen molar-refractivity contribution in [1.82, 2.24) is 0 Å². The van der Waals surface area contributed by atoms with Gasteiger partial charge in [-0.3, -0.25) is 0 Å². The minimum absolute atomic E-state index is 0.193. The van der Waals surface area contributed by atoms with Gasteiger partial charge in [-0.1, -0.05) is 13.0 Å². The Morgan fingerprint density at radius 2 is 2.21 bits per heavy atom. The molecule has 1 aliphatic rings. The van der Waals surface area contributed by atoms with Crippen molar-refractivity contribution in [3.63, 3.8) is 0 Å². The monoisotopic (exact) mass is 266 g/mol. The first-order valence-electron chi connectivity index (χ1n) is 6.86. The predicted molar refractivity (Wildman–Crippen MR) is 75.8 cm³/mol. The number of rotatable bonds is 3. The molecule has 2 rings (SSSR count). The van der Waals surface area contributed by atoms with E-state index in [4.69, 9.17) is 10.5 Å². The van der Waals surface area contributed by atoms with Crippen LogP contribution in [0.15, 0.2) is 18.2 Å². The summed E-state index contributed by atoms with van der Waals surface area (Å²) in [7, 11) is 1.74. The first-order valence-corrected chi connectivity index (χ1v) is 6.86. The number of hydrogen-bond acceptors (Lipinski definition) is 3. The largest absolute Gasteiger partial charge is 0.379 e. The maximum atomic E-state index is 14.0.